The number of hydrogen-bond acceptors (Lipinski definition) is 4. The highest BCUT2D eigenvalue weighted by Gasteiger charge is 2.27. The van der Waals surface area contributed by atoms with E-state index in [0.717, 1.165) is 63.5 Å². The van der Waals surface area contributed by atoms with Crippen LogP contribution in [0, 0.1) is 0 Å². The second-order valence-electron chi connectivity index (χ2n) is 7.39. The molecule has 7 nitrogen and oxygen atoms in total. The van der Waals surface area contributed by atoms with Crippen molar-refractivity contribution in [1.82, 2.24) is 24.3 Å². The maximum Gasteiger partial charge on any atom is 0.320 e. The zero-order chi connectivity index (χ0) is 17.2. The van der Waals surface area contributed by atoms with Crippen LogP contribution in [-0.4, -0.2) is 63.0 Å². The van der Waals surface area contributed by atoms with Gasteiger partial charge in [0.15, 0.2) is 0 Å². The lowest BCUT2D eigenvalue weighted by molar-refractivity contribution is 0.160. The lowest BCUT2D eigenvalue weighted by atomic mass is 10.3. The maximum absolute atomic E-state index is 12.7. The Morgan fingerprint density at radius 2 is 1.60 bits per heavy atom. The molecule has 1 aromatic rings. The van der Waals surface area contributed by atoms with Crippen LogP contribution in [-0.2, 0) is 19.6 Å². The number of carbonyl (C=O) groups excluding carboxylic acids is 1. The number of amides is 2. The van der Waals surface area contributed by atoms with Crippen LogP contribution < -0.4 is 5.56 Å². The van der Waals surface area contributed by atoms with Gasteiger partial charge in [-0.2, -0.15) is 0 Å². The van der Waals surface area contributed by atoms with E-state index in [-0.39, 0.29) is 11.6 Å². The molecule has 3 aliphatic rings. The van der Waals surface area contributed by atoms with Gasteiger partial charge >= 0.3 is 6.03 Å². The van der Waals surface area contributed by atoms with E-state index >= 15 is 0 Å². The third-order valence-corrected chi connectivity index (χ3v) is 5.51. The smallest absolute Gasteiger partial charge is 0.320 e. The van der Waals surface area contributed by atoms with Crippen molar-refractivity contribution in [3.8, 4) is 0 Å². The molecule has 0 atom stereocenters. The van der Waals surface area contributed by atoms with Crippen LogP contribution >= 0.6 is 0 Å². The SMILES string of the molecule is O=C(N1CCCC1)N1CCCn2c(nc(CN3CCCC3)cc2=O)C1. The predicted octanol–water partition coefficient (Wildman–Crippen LogP) is 1.26. The summed E-state index contributed by atoms with van der Waals surface area (Å²) in [6.45, 7) is 6.39. The average Bonchev–Trinajstić information content (AvgIpc) is 3.25. The molecular formula is C18H27N5O2. The van der Waals surface area contributed by atoms with Crippen molar-refractivity contribution >= 4 is 6.03 Å². The minimum absolute atomic E-state index is 0.0228. The number of carbonyl (C=O) groups is 1. The standard InChI is InChI=1S/C18H27N5O2/c24-17-12-15(13-20-6-1-2-7-20)19-16-14-22(10-5-11-23(16)17)18(25)21-8-3-4-9-21/h12H,1-11,13-14H2. The van der Waals surface area contributed by atoms with Crippen molar-refractivity contribution in [3.05, 3.63) is 27.9 Å². The van der Waals surface area contributed by atoms with Gasteiger partial charge < -0.3 is 9.80 Å². The maximum atomic E-state index is 12.7. The number of likely N-dealkylation sites (tertiary alicyclic amines) is 2. The third-order valence-electron chi connectivity index (χ3n) is 5.51. The molecule has 2 saturated heterocycles. The van der Waals surface area contributed by atoms with Crippen molar-refractivity contribution < 1.29 is 4.79 Å². The minimum atomic E-state index is 0.0228. The van der Waals surface area contributed by atoms with E-state index in [0.29, 0.717) is 19.6 Å². The summed E-state index contributed by atoms with van der Waals surface area (Å²) in [5.41, 5.74) is 0.864. The summed E-state index contributed by atoms with van der Waals surface area (Å²) in [6, 6.07) is 1.78. The van der Waals surface area contributed by atoms with E-state index in [4.69, 9.17) is 4.98 Å². The number of aromatic nitrogens is 2. The molecule has 2 amide bonds. The van der Waals surface area contributed by atoms with E-state index in [9.17, 15) is 9.59 Å². The van der Waals surface area contributed by atoms with E-state index in [1.54, 1.807) is 10.6 Å². The number of nitrogens with zero attached hydrogens (tertiary/aromatic N) is 5. The first-order valence-electron chi connectivity index (χ1n) is 9.56. The Labute approximate surface area is 148 Å². The van der Waals surface area contributed by atoms with Crippen LogP contribution in [0.1, 0.15) is 43.6 Å². The van der Waals surface area contributed by atoms with Gasteiger partial charge in [0.05, 0.1) is 12.2 Å². The van der Waals surface area contributed by atoms with Crippen LogP contribution in [0.2, 0.25) is 0 Å². The fraction of sp³-hybridized carbons (Fsp3) is 0.722. The minimum Gasteiger partial charge on any atom is -0.325 e. The Bertz CT molecular complexity index is 689. The van der Waals surface area contributed by atoms with Gasteiger partial charge in [0, 0.05) is 38.8 Å². The summed E-state index contributed by atoms with van der Waals surface area (Å²) >= 11 is 0. The van der Waals surface area contributed by atoms with Crippen LogP contribution in [0.15, 0.2) is 10.9 Å². The Hall–Kier alpha value is -1.89. The summed E-state index contributed by atoms with van der Waals surface area (Å²) in [5.74, 6) is 0.742. The first-order chi connectivity index (χ1) is 12.2. The highest BCUT2D eigenvalue weighted by Crippen LogP contribution is 2.16. The zero-order valence-electron chi connectivity index (χ0n) is 14.8. The average molecular weight is 345 g/mol. The second-order valence-corrected chi connectivity index (χ2v) is 7.39. The van der Waals surface area contributed by atoms with E-state index in [1.165, 1.54) is 12.8 Å². The summed E-state index contributed by atoms with van der Waals surface area (Å²) in [4.78, 5) is 36.2. The van der Waals surface area contributed by atoms with Crippen LogP contribution in [0.5, 0.6) is 0 Å². The molecule has 4 rings (SSSR count). The van der Waals surface area contributed by atoms with Crippen LogP contribution in [0.3, 0.4) is 0 Å². The van der Waals surface area contributed by atoms with E-state index in [2.05, 4.69) is 4.90 Å². The summed E-state index contributed by atoms with van der Waals surface area (Å²) in [7, 11) is 0. The molecule has 0 unspecified atom stereocenters. The van der Waals surface area contributed by atoms with Crippen molar-refractivity contribution in [2.45, 2.75) is 51.7 Å². The van der Waals surface area contributed by atoms with Gasteiger partial charge in [-0.05, 0) is 45.2 Å². The first-order valence-corrected chi connectivity index (χ1v) is 9.56. The Balaban J connectivity index is 1.55. The first kappa shape index (κ1) is 16.6. The van der Waals surface area contributed by atoms with E-state index < -0.39 is 0 Å². The van der Waals surface area contributed by atoms with E-state index in [1.807, 2.05) is 9.80 Å². The van der Waals surface area contributed by atoms with Crippen LogP contribution in [0.25, 0.3) is 0 Å². The quantitative estimate of drug-likeness (QED) is 0.810. The lowest BCUT2D eigenvalue weighted by Crippen LogP contribution is -2.41. The van der Waals surface area contributed by atoms with Crippen LogP contribution in [0.4, 0.5) is 4.79 Å². The van der Waals surface area contributed by atoms with Gasteiger partial charge in [-0.1, -0.05) is 0 Å². The molecule has 3 aliphatic heterocycles. The van der Waals surface area contributed by atoms with Gasteiger partial charge in [-0.3, -0.25) is 14.3 Å². The molecule has 4 heterocycles. The lowest BCUT2D eigenvalue weighted by Gasteiger charge is -2.26. The molecule has 0 N–H and O–H groups in total. The van der Waals surface area contributed by atoms with Crippen molar-refractivity contribution in [1.29, 1.82) is 0 Å². The summed E-state index contributed by atoms with van der Waals surface area (Å²) in [6.07, 6.45) is 5.44. The highest BCUT2D eigenvalue weighted by atomic mass is 16.2. The molecule has 0 saturated carbocycles. The zero-order valence-corrected chi connectivity index (χ0v) is 14.8. The van der Waals surface area contributed by atoms with Gasteiger partial charge in [-0.15, -0.1) is 0 Å². The molecule has 2 fully saturated rings. The fourth-order valence-electron chi connectivity index (χ4n) is 4.16. The molecule has 0 radical (unpaired) electrons. The Kier molecular flexibility index (Phi) is 4.74. The number of hydrogen-bond donors (Lipinski definition) is 0. The molecule has 136 valence electrons. The fourth-order valence-corrected chi connectivity index (χ4v) is 4.16. The molecular weight excluding hydrogens is 318 g/mol. The topological polar surface area (TPSA) is 61.7 Å². The monoisotopic (exact) mass is 345 g/mol. The van der Waals surface area contributed by atoms with Gasteiger partial charge in [0.25, 0.3) is 5.56 Å². The molecule has 0 bridgehead atoms. The van der Waals surface area contributed by atoms with Crippen molar-refractivity contribution in [3.63, 3.8) is 0 Å². The molecule has 7 heteroatoms. The molecule has 0 aromatic carbocycles. The van der Waals surface area contributed by atoms with Gasteiger partial charge in [0.2, 0.25) is 0 Å². The number of rotatable bonds is 2. The third kappa shape index (κ3) is 3.56. The number of urea groups is 1. The molecule has 1 aromatic heterocycles. The summed E-state index contributed by atoms with van der Waals surface area (Å²) < 4.78 is 1.75. The molecule has 0 aliphatic carbocycles. The van der Waals surface area contributed by atoms with Gasteiger partial charge in [0.1, 0.15) is 5.82 Å². The second kappa shape index (κ2) is 7.15. The Morgan fingerprint density at radius 3 is 2.36 bits per heavy atom. The molecule has 0 spiro atoms. The van der Waals surface area contributed by atoms with Crippen molar-refractivity contribution in [2.24, 2.45) is 0 Å². The highest BCUT2D eigenvalue weighted by molar-refractivity contribution is 5.74. The normalized spacial score (nSPS) is 21.4. The molecule has 25 heavy (non-hydrogen) atoms. The summed E-state index contributed by atoms with van der Waals surface area (Å²) in [5, 5.41) is 0. The van der Waals surface area contributed by atoms with Gasteiger partial charge in [-0.25, -0.2) is 9.78 Å². The van der Waals surface area contributed by atoms with Crippen molar-refractivity contribution in [2.75, 3.05) is 32.7 Å². The Morgan fingerprint density at radius 1 is 0.920 bits per heavy atom. The number of fused-ring (bicyclic) bond motifs is 1. The largest absolute Gasteiger partial charge is 0.325 e. The predicted molar refractivity (Wildman–Crippen MR) is 94.2 cm³/mol.